The highest BCUT2D eigenvalue weighted by molar-refractivity contribution is 5.95. The summed E-state index contributed by atoms with van der Waals surface area (Å²) in [6, 6.07) is 17.6. The summed E-state index contributed by atoms with van der Waals surface area (Å²) in [6.45, 7) is 5.85. The standard InChI is InChI=1S/C21H23N3O3/c1-21(2,3)27-20(26)23-22-18-16-11-7-8-12-17(16)24(19(18)25)14-13-15-9-5-4-6-10-15/h4-12,25H,13-14H2,1-3H3. The van der Waals surface area contributed by atoms with Crippen molar-refractivity contribution < 1.29 is 14.6 Å². The van der Waals surface area contributed by atoms with Crippen LogP contribution < -0.4 is 0 Å². The lowest BCUT2D eigenvalue weighted by molar-refractivity contribution is 0.0592. The third kappa shape index (κ3) is 4.53. The van der Waals surface area contributed by atoms with Crippen molar-refractivity contribution in [3.63, 3.8) is 0 Å². The van der Waals surface area contributed by atoms with E-state index in [1.165, 1.54) is 5.56 Å². The van der Waals surface area contributed by atoms with Gasteiger partial charge in [-0.2, -0.15) is 0 Å². The third-order valence-electron chi connectivity index (χ3n) is 4.01. The van der Waals surface area contributed by atoms with Crippen LogP contribution in [0.3, 0.4) is 0 Å². The van der Waals surface area contributed by atoms with Gasteiger partial charge in [-0.15, -0.1) is 5.11 Å². The van der Waals surface area contributed by atoms with Gasteiger partial charge < -0.3 is 14.4 Å². The van der Waals surface area contributed by atoms with Crippen LogP contribution in [0.5, 0.6) is 5.88 Å². The Morgan fingerprint density at radius 3 is 2.44 bits per heavy atom. The van der Waals surface area contributed by atoms with Gasteiger partial charge in [0.2, 0.25) is 5.88 Å². The molecule has 0 bridgehead atoms. The molecule has 6 nitrogen and oxygen atoms in total. The molecule has 0 radical (unpaired) electrons. The van der Waals surface area contributed by atoms with Gasteiger partial charge in [0.25, 0.3) is 0 Å². The number of carbonyl (C=O) groups is 1. The molecule has 0 unspecified atom stereocenters. The minimum absolute atomic E-state index is 0.0144. The predicted molar refractivity (Wildman–Crippen MR) is 104 cm³/mol. The lowest BCUT2D eigenvalue weighted by atomic mass is 10.1. The molecule has 1 aromatic heterocycles. The Bertz CT molecular complexity index is 969. The molecule has 0 aliphatic carbocycles. The normalized spacial score (nSPS) is 12.0. The van der Waals surface area contributed by atoms with E-state index in [-0.39, 0.29) is 11.6 Å². The molecular weight excluding hydrogens is 342 g/mol. The van der Waals surface area contributed by atoms with E-state index in [1.807, 2.05) is 54.6 Å². The van der Waals surface area contributed by atoms with E-state index in [9.17, 15) is 9.90 Å². The van der Waals surface area contributed by atoms with Crippen molar-refractivity contribution in [3.05, 3.63) is 60.2 Å². The topological polar surface area (TPSA) is 76.2 Å². The molecule has 2 aromatic carbocycles. The number of ether oxygens (including phenoxy) is 1. The molecular formula is C21H23N3O3. The number of nitrogens with zero attached hydrogens (tertiary/aromatic N) is 3. The summed E-state index contributed by atoms with van der Waals surface area (Å²) in [4.78, 5) is 11.8. The molecule has 3 rings (SSSR count). The molecule has 0 aliphatic rings. The number of carbonyl (C=O) groups excluding carboxylic acids is 1. The molecule has 0 fully saturated rings. The zero-order chi connectivity index (χ0) is 19.4. The van der Waals surface area contributed by atoms with Crippen LogP contribution in [0.2, 0.25) is 0 Å². The van der Waals surface area contributed by atoms with E-state index < -0.39 is 11.7 Å². The van der Waals surface area contributed by atoms with E-state index in [1.54, 1.807) is 25.3 Å². The highest BCUT2D eigenvalue weighted by Gasteiger charge is 2.19. The Labute approximate surface area is 158 Å². The van der Waals surface area contributed by atoms with Gasteiger partial charge >= 0.3 is 6.09 Å². The van der Waals surface area contributed by atoms with Gasteiger partial charge in [-0.25, -0.2) is 4.79 Å². The van der Waals surface area contributed by atoms with Gasteiger partial charge in [0, 0.05) is 11.9 Å². The van der Waals surface area contributed by atoms with Gasteiger partial charge in [0.1, 0.15) is 5.60 Å². The maximum atomic E-state index is 11.8. The number of benzene rings is 2. The number of rotatable bonds is 4. The van der Waals surface area contributed by atoms with E-state index in [0.29, 0.717) is 6.54 Å². The first-order chi connectivity index (χ1) is 12.8. The van der Waals surface area contributed by atoms with Crippen LogP contribution in [0.25, 0.3) is 10.9 Å². The zero-order valence-corrected chi connectivity index (χ0v) is 15.7. The molecule has 0 spiro atoms. The zero-order valence-electron chi connectivity index (χ0n) is 15.7. The third-order valence-corrected chi connectivity index (χ3v) is 4.01. The summed E-state index contributed by atoms with van der Waals surface area (Å²) in [5.41, 5.74) is 1.63. The second kappa shape index (κ2) is 7.61. The smallest absolute Gasteiger partial charge is 0.452 e. The molecule has 0 aliphatic heterocycles. The second-order valence-electron chi connectivity index (χ2n) is 7.26. The van der Waals surface area contributed by atoms with E-state index >= 15 is 0 Å². The number of aromatic nitrogens is 1. The fraction of sp³-hybridized carbons (Fsp3) is 0.286. The van der Waals surface area contributed by atoms with Crippen molar-refractivity contribution >= 4 is 22.7 Å². The highest BCUT2D eigenvalue weighted by Crippen LogP contribution is 2.39. The van der Waals surface area contributed by atoms with Gasteiger partial charge in [-0.3, -0.25) is 0 Å². The predicted octanol–water partition coefficient (Wildman–Crippen LogP) is 5.61. The van der Waals surface area contributed by atoms with Crippen molar-refractivity contribution in [1.29, 1.82) is 0 Å². The monoisotopic (exact) mass is 365 g/mol. The number of hydrogen-bond acceptors (Lipinski definition) is 4. The fourth-order valence-electron chi connectivity index (χ4n) is 2.86. The lowest BCUT2D eigenvalue weighted by Crippen LogP contribution is -2.21. The Morgan fingerprint density at radius 1 is 1.07 bits per heavy atom. The van der Waals surface area contributed by atoms with E-state index in [4.69, 9.17) is 4.74 Å². The summed E-state index contributed by atoms with van der Waals surface area (Å²) in [5, 5.41) is 19.0. The van der Waals surface area contributed by atoms with Crippen LogP contribution in [0, 0.1) is 0 Å². The molecule has 0 atom stereocenters. The number of aromatic hydroxyl groups is 1. The minimum atomic E-state index is -0.789. The Kier molecular flexibility index (Phi) is 5.26. The average Bonchev–Trinajstić information content (AvgIpc) is 2.89. The quantitative estimate of drug-likeness (QED) is 0.611. The molecule has 6 heteroatoms. The summed E-state index contributed by atoms with van der Waals surface area (Å²) in [7, 11) is 0. The highest BCUT2D eigenvalue weighted by atomic mass is 16.6. The first-order valence-corrected chi connectivity index (χ1v) is 8.84. The van der Waals surface area contributed by atoms with Crippen LogP contribution in [0.15, 0.2) is 64.8 Å². The molecule has 27 heavy (non-hydrogen) atoms. The summed E-state index contributed by atoms with van der Waals surface area (Å²) >= 11 is 0. The van der Waals surface area contributed by atoms with Gasteiger partial charge in [0.15, 0.2) is 5.69 Å². The van der Waals surface area contributed by atoms with Crippen molar-refractivity contribution in [3.8, 4) is 5.88 Å². The van der Waals surface area contributed by atoms with Crippen LogP contribution >= 0.6 is 0 Å². The molecule has 3 aromatic rings. The first kappa shape index (κ1) is 18.6. The van der Waals surface area contributed by atoms with E-state index in [2.05, 4.69) is 10.2 Å². The maximum Gasteiger partial charge on any atom is 0.452 e. The largest absolute Gasteiger partial charge is 0.493 e. The van der Waals surface area contributed by atoms with E-state index in [0.717, 1.165) is 17.3 Å². The number of amides is 1. The average molecular weight is 365 g/mol. The Morgan fingerprint density at radius 2 is 1.74 bits per heavy atom. The van der Waals surface area contributed by atoms with Gasteiger partial charge in [-0.05, 0) is 38.8 Å². The van der Waals surface area contributed by atoms with Crippen LogP contribution in [-0.2, 0) is 17.7 Å². The van der Waals surface area contributed by atoms with Crippen LogP contribution in [0.4, 0.5) is 10.5 Å². The van der Waals surface area contributed by atoms with Gasteiger partial charge in [0.05, 0.1) is 5.52 Å². The minimum Gasteiger partial charge on any atom is -0.493 e. The molecule has 0 saturated carbocycles. The number of hydrogen-bond donors (Lipinski definition) is 1. The number of fused-ring (bicyclic) bond motifs is 1. The molecule has 1 N–H and O–H groups in total. The number of para-hydroxylation sites is 1. The molecule has 0 saturated heterocycles. The number of azo groups is 1. The molecule has 1 heterocycles. The fourth-order valence-corrected chi connectivity index (χ4v) is 2.86. The van der Waals surface area contributed by atoms with Crippen molar-refractivity contribution in [1.82, 2.24) is 4.57 Å². The first-order valence-electron chi connectivity index (χ1n) is 8.84. The van der Waals surface area contributed by atoms with Crippen molar-refractivity contribution in [2.24, 2.45) is 10.2 Å². The van der Waals surface area contributed by atoms with Crippen molar-refractivity contribution in [2.75, 3.05) is 0 Å². The Balaban J connectivity index is 1.90. The van der Waals surface area contributed by atoms with Crippen LogP contribution in [0.1, 0.15) is 26.3 Å². The lowest BCUT2D eigenvalue weighted by Gasteiger charge is -2.16. The summed E-state index contributed by atoms with van der Waals surface area (Å²) in [6.07, 6.45) is -0.0292. The van der Waals surface area contributed by atoms with Crippen LogP contribution in [-0.4, -0.2) is 21.4 Å². The second-order valence-corrected chi connectivity index (χ2v) is 7.26. The molecule has 1 amide bonds. The maximum absolute atomic E-state index is 11.8. The summed E-state index contributed by atoms with van der Waals surface area (Å²) in [5.74, 6) is -0.0144. The Hall–Kier alpha value is -3.15. The molecule has 140 valence electrons. The van der Waals surface area contributed by atoms with Crippen molar-refractivity contribution in [2.45, 2.75) is 39.3 Å². The SMILES string of the molecule is CC(C)(C)OC(=O)N=Nc1c(O)n(CCc2ccccc2)c2ccccc12. The number of aryl methyl sites for hydroxylation is 2. The van der Waals surface area contributed by atoms with Gasteiger partial charge in [-0.1, -0.05) is 53.6 Å². The summed E-state index contributed by atoms with van der Waals surface area (Å²) < 4.78 is 6.92.